The molecule has 0 saturated heterocycles. The van der Waals surface area contributed by atoms with Gasteiger partial charge in [-0.3, -0.25) is 9.69 Å². The number of carbonyl (C=O) groups is 2. The Morgan fingerprint density at radius 2 is 1.88 bits per heavy atom. The number of benzene rings is 2. The molecule has 1 heterocycles. The molecule has 11 heteroatoms. The average molecular weight is 557 g/mol. The summed E-state index contributed by atoms with van der Waals surface area (Å²) in [5, 5.41) is 7.20. The SMILES string of the molecule is C#CC(=O)N(c1ccn(-c2ccccc2C(F)(F)F)n1)C1(C=O)CCCC1.CNCc1ccc(OC)cc1OC. The zero-order valence-electron chi connectivity index (χ0n) is 22.5. The number of hydrogen-bond acceptors (Lipinski definition) is 6. The van der Waals surface area contributed by atoms with E-state index in [-0.39, 0.29) is 11.5 Å². The average Bonchev–Trinajstić information content (AvgIpc) is 3.64. The summed E-state index contributed by atoms with van der Waals surface area (Å²) in [4.78, 5) is 25.2. The van der Waals surface area contributed by atoms with Crippen LogP contribution in [0.3, 0.4) is 0 Å². The lowest BCUT2D eigenvalue weighted by atomic mass is 9.97. The molecule has 1 amide bonds. The van der Waals surface area contributed by atoms with Crippen molar-refractivity contribution in [3.63, 3.8) is 0 Å². The molecular weight excluding hydrogens is 525 g/mol. The molecule has 2 aromatic carbocycles. The first-order valence-electron chi connectivity index (χ1n) is 12.5. The van der Waals surface area contributed by atoms with Crippen molar-refractivity contribution in [1.82, 2.24) is 15.1 Å². The van der Waals surface area contributed by atoms with Gasteiger partial charge in [0.2, 0.25) is 0 Å². The molecule has 4 rings (SSSR count). The zero-order valence-corrected chi connectivity index (χ0v) is 22.5. The highest BCUT2D eigenvalue weighted by molar-refractivity contribution is 6.08. The van der Waals surface area contributed by atoms with Crippen molar-refractivity contribution in [3.8, 4) is 29.5 Å². The number of carbonyl (C=O) groups excluding carboxylic acids is 2. The Labute approximate surface area is 231 Å². The number of hydrogen-bond donors (Lipinski definition) is 1. The van der Waals surface area contributed by atoms with Crippen molar-refractivity contribution >= 4 is 18.0 Å². The number of amides is 1. The second-order valence-corrected chi connectivity index (χ2v) is 9.05. The molecule has 3 aromatic rings. The molecule has 1 N–H and O–H groups in total. The second kappa shape index (κ2) is 13.2. The largest absolute Gasteiger partial charge is 0.497 e. The number of aldehydes is 1. The molecule has 1 aliphatic carbocycles. The van der Waals surface area contributed by atoms with Gasteiger partial charge >= 0.3 is 12.1 Å². The summed E-state index contributed by atoms with van der Waals surface area (Å²) in [6.07, 6.45) is 5.01. The van der Waals surface area contributed by atoms with E-state index in [0.29, 0.717) is 19.1 Å². The molecule has 8 nitrogen and oxygen atoms in total. The Kier molecular flexibility index (Phi) is 9.96. The molecule has 1 aromatic heterocycles. The van der Waals surface area contributed by atoms with Crippen LogP contribution < -0.4 is 19.7 Å². The van der Waals surface area contributed by atoms with Gasteiger partial charge in [-0.2, -0.15) is 13.2 Å². The van der Waals surface area contributed by atoms with Crippen LogP contribution in [0.4, 0.5) is 19.0 Å². The van der Waals surface area contributed by atoms with Crippen LogP contribution in [-0.2, 0) is 22.3 Å². The Morgan fingerprint density at radius 3 is 2.45 bits per heavy atom. The van der Waals surface area contributed by atoms with Crippen molar-refractivity contribution < 1.29 is 32.2 Å². The van der Waals surface area contributed by atoms with Gasteiger partial charge in [0.1, 0.15) is 23.3 Å². The van der Waals surface area contributed by atoms with Gasteiger partial charge in [0.05, 0.1) is 25.5 Å². The van der Waals surface area contributed by atoms with Gasteiger partial charge in [-0.05, 0) is 44.0 Å². The van der Waals surface area contributed by atoms with E-state index in [1.807, 2.05) is 31.2 Å². The van der Waals surface area contributed by atoms with Gasteiger partial charge in [0.15, 0.2) is 5.82 Å². The maximum Gasteiger partial charge on any atom is 0.418 e. The first-order valence-corrected chi connectivity index (χ1v) is 12.5. The molecule has 212 valence electrons. The van der Waals surface area contributed by atoms with Crippen LogP contribution in [0.2, 0.25) is 0 Å². The third-order valence-electron chi connectivity index (χ3n) is 6.58. The van der Waals surface area contributed by atoms with Crippen molar-refractivity contribution in [2.24, 2.45) is 0 Å². The van der Waals surface area contributed by atoms with Crippen molar-refractivity contribution in [2.45, 2.75) is 43.9 Å². The highest BCUT2D eigenvalue weighted by atomic mass is 19.4. The van der Waals surface area contributed by atoms with Crippen LogP contribution >= 0.6 is 0 Å². The number of alkyl halides is 3. The van der Waals surface area contributed by atoms with Crippen LogP contribution in [0, 0.1) is 12.3 Å². The third kappa shape index (κ3) is 6.63. The predicted molar refractivity (Wildman–Crippen MR) is 144 cm³/mol. The molecule has 0 atom stereocenters. The lowest BCUT2D eigenvalue weighted by Crippen LogP contribution is -2.51. The van der Waals surface area contributed by atoms with E-state index in [1.54, 1.807) is 14.2 Å². The van der Waals surface area contributed by atoms with E-state index in [4.69, 9.17) is 15.9 Å². The summed E-state index contributed by atoms with van der Waals surface area (Å²) in [5.41, 5.74) is -1.03. The molecule has 1 aliphatic rings. The third-order valence-corrected chi connectivity index (χ3v) is 6.58. The summed E-state index contributed by atoms with van der Waals surface area (Å²) < 4.78 is 51.1. The van der Waals surface area contributed by atoms with Gasteiger partial charge in [-0.15, -0.1) is 11.5 Å². The van der Waals surface area contributed by atoms with E-state index in [1.165, 1.54) is 30.5 Å². The summed E-state index contributed by atoms with van der Waals surface area (Å²) in [6.45, 7) is 0.799. The Balaban J connectivity index is 0.000000285. The number of nitrogens with one attached hydrogen (secondary N) is 1. The van der Waals surface area contributed by atoms with E-state index < -0.39 is 23.2 Å². The first kappa shape index (κ1) is 30.2. The van der Waals surface area contributed by atoms with Crippen LogP contribution in [0.1, 0.15) is 36.8 Å². The number of terminal acetylenes is 1. The van der Waals surface area contributed by atoms with E-state index in [0.717, 1.165) is 52.1 Å². The summed E-state index contributed by atoms with van der Waals surface area (Å²) in [5.74, 6) is 2.95. The van der Waals surface area contributed by atoms with Crippen LogP contribution in [0.5, 0.6) is 11.5 Å². The number of halogens is 3. The van der Waals surface area contributed by atoms with E-state index >= 15 is 0 Å². The molecule has 1 fully saturated rings. The van der Waals surface area contributed by atoms with Crippen LogP contribution in [0.25, 0.3) is 5.69 Å². The maximum absolute atomic E-state index is 13.3. The maximum atomic E-state index is 13.3. The van der Waals surface area contributed by atoms with Crippen molar-refractivity contribution in [3.05, 3.63) is 65.9 Å². The van der Waals surface area contributed by atoms with E-state index in [2.05, 4.69) is 10.4 Å². The molecule has 1 saturated carbocycles. The van der Waals surface area contributed by atoms with Gasteiger partial charge in [0.25, 0.3) is 0 Å². The van der Waals surface area contributed by atoms with Crippen LogP contribution in [0.15, 0.2) is 54.7 Å². The molecule has 0 bridgehead atoms. The highest BCUT2D eigenvalue weighted by Gasteiger charge is 2.44. The lowest BCUT2D eigenvalue weighted by Gasteiger charge is -2.33. The molecule has 0 unspecified atom stereocenters. The standard InChI is InChI=1S/C19H16F3N3O2.C10H15NO2/c1-2-17(27)25(18(13-26)10-5-6-11-18)16-9-12-24(23-16)15-8-4-3-7-14(15)19(20,21)22;1-11-7-8-4-5-9(12-2)6-10(8)13-3/h1,3-4,7-9,12-13H,5-6,10-11H2;4-6,11H,7H2,1-3H3. The first-order chi connectivity index (χ1) is 19.1. The molecule has 0 radical (unpaired) electrons. The zero-order chi connectivity index (χ0) is 29.3. The second-order valence-electron chi connectivity index (χ2n) is 9.05. The minimum Gasteiger partial charge on any atom is -0.497 e. The fourth-order valence-electron chi connectivity index (χ4n) is 4.65. The number of rotatable bonds is 8. The van der Waals surface area contributed by atoms with Gasteiger partial charge < -0.3 is 19.6 Å². The number of anilines is 1. The van der Waals surface area contributed by atoms with Gasteiger partial charge in [0, 0.05) is 30.4 Å². The quantitative estimate of drug-likeness (QED) is 0.317. The van der Waals surface area contributed by atoms with Crippen molar-refractivity contribution in [1.29, 1.82) is 0 Å². The fourth-order valence-corrected chi connectivity index (χ4v) is 4.65. The molecule has 0 aliphatic heterocycles. The predicted octanol–water partition coefficient (Wildman–Crippen LogP) is 4.79. The van der Waals surface area contributed by atoms with Crippen molar-refractivity contribution in [2.75, 3.05) is 26.2 Å². The number of nitrogens with zero attached hydrogens (tertiary/aromatic N) is 3. The number of para-hydroxylation sites is 1. The number of ether oxygens (including phenoxy) is 2. The number of methoxy groups -OCH3 is 2. The van der Waals surface area contributed by atoms with Crippen LogP contribution in [-0.4, -0.2) is 48.8 Å². The topological polar surface area (TPSA) is 85.7 Å². The monoisotopic (exact) mass is 556 g/mol. The molecule has 0 spiro atoms. The molecular formula is C29H31F3N4O4. The van der Waals surface area contributed by atoms with Gasteiger partial charge in [-0.25, -0.2) is 4.68 Å². The minimum absolute atomic E-state index is 0.0453. The summed E-state index contributed by atoms with van der Waals surface area (Å²) >= 11 is 0. The summed E-state index contributed by atoms with van der Waals surface area (Å²) in [7, 11) is 5.21. The number of aromatic nitrogens is 2. The smallest absolute Gasteiger partial charge is 0.418 e. The van der Waals surface area contributed by atoms with Gasteiger partial charge in [-0.1, -0.05) is 31.0 Å². The lowest BCUT2D eigenvalue weighted by molar-refractivity contribution is -0.137. The fraction of sp³-hybridized carbons (Fsp3) is 0.345. The normalized spacial score (nSPS) is 13.9. The summed E-state index contributed by atoms with van der Waals surface area (Å²) in [6, 6.07) is 12.1. The van der Waals surface area contributed by atoms with E-state index in [9.17, 15) is 22.8 Å². The Bertz CT molecular complexity index is 1360. The minimum atomic E-state index is -4.56. The highest BCUT2D eigenvalue weighted by Crippen LogP contribution is 2.38. The molecule has 40 heavy (non-hydrogen) atoms. The Hall–Kier alpha value is -4.30. The Morgan fingerprint density at radius 1 is 1.18 bits per heavy atom.